The number of carbonyl (C=O) groups excluding carboxylic acids is 1. The van der Waals surface area contributed by atoms with Crippen LogP contribution in [-0.4, -0.2) is 41.9 Å². The molecule has 2 heterocycles. The lowest BCUT2D eigenvalue weighted by atomic mass is 10.00. The van der Waals surface area contributed by atoms with Crippen molar-refractivity contribution in [2.75, 3.05) is 26.2 Å². The lowest BCUT2D eigenvalue weighted by molar-refractivity contribution is -0.134. The molecule has 22 heavy (non-hydrogen) atoms. The monoisotopic (exact) mass is 300 g/mol. The van der Waals surface area contributed by atoms with E-state index in [1.54, 1.807) is 0 Å². The predicted molar refractivity (Wildman–Crippen MR) is 89.7 cm³/mol. The van der Waals surface area contributed by atoms with Gasteiger partial charge in [-0.25, -0.2) is 0 Å². The van der Waals surface area contributed by atoms with E-state index in [9.17, 15) is 4.79 Å². The fourth-order valence-electron chi connectivity index (χ4n) is 3.96. The van der Waals surface area contributed by atoms with Gasteiger partial charge >= 0.3 is 0 Å². The second-order valence-corrected chi connectivity index (χ2v) is 7.13. The van der Waals surface area contributed by atoms with Gasteiger partial charge in [-0.15, -0.1) is 0 Å². The van der Waals surface area contributed by atoms with Gasteiger partial charge in [0.15, 0.2) is 0 Å². The highest BCUT2D eigenvalue weighted by Crippen LogP contribution is 2.32. The van der Waals surface area contributed by atoms with Gasteiger partial charge in [0, 0.05) is 19.1 Å². The first-order valence-electron chi connectivity index (χ1n) is 8.72. The molecule has 1 aromatic carbocycles. The molecule has 2 aliphatic heterocycles. The van der Waals surface area contributed by atoms with E-state index in [0.717, 1.165) is 26.1 Å². The minimum atomic E-state index is 0.325. The van der Waals surface area contributed by atoms with Crippen LogP contribution >= 0.6 is 0 Å². The number of hydrogen-bond donors (Lipinski definition) is 0. The Morgan fingerprint density at radius 1 is 1.23 bits per heavy atom. The van der Waals surface area contributed by atoms with E-state index in [0.29, 0.717) is 24.4 Å². The highest BCUT2D eigenvalue weighted by atomic mass is 16.2. The number of hydrogen-bond acceptors (Lipinski definition) is 2. The Morgan fingerprint density at radius 2 is 2.05 bits per heavy atom. The summed E-state index contributed by atoms with van der Waals surface area (Å²) in [6.07, 6.45) is 4.79. The van der Waals surface area contributed by atoms with Crippen LogP contribution in [0.3, 0.4) is 0 Å². The smallest absolute Gasteiger partial charge is 0.236 e. The Bertz CT molecular complexity index is 528. The fourth-order valence-corrected chi connectivity index (χ4v) is 3.96. The van der Waals surface area contributed by atoms with Crippen molar-refractivity contribution in [1.82, 2.24) is 9.80 Å². The average molecular weight is 300 g/mol. The van der Waals surface area contributed by atoms with Crippen LogP contribution in [0.1, 0.15) is 49.8 Å². The van der Waals surface area contributed by atoms with E-state index in [4.69, 9.17) is 0 Å². The summed E-state index contributed by atoms with van der Waals surface area (Å²) >= 11 is 0. The molecule has 0 aromatic heterocycles. The summed E-state index contributed by atoms with van der Waals surface area (Å²) in [5, 5.41) is 0. The van der Waals surface area contributed by atoms with Crippen molar-refractivity contribution in [1.29, 1.82) is 0 Å². The Kier molecular flexibility index (Phi) is 4.82. The highest BCUT2D eigenvalue weighted by molar-refractivity contribution is 5.78. The molecule has 0 radical (unpaired) electrons. The molecule has 0 bridgehead atoms. The van der Waals surface area contributed by atoms with Gasteiger partial charge < -0.3 is 4.90 Å². The van der Waals surface area contributed by atoms with Crippen molar-refractivity contribution in [3.63, 3.8) is 0 Å². The fraction of sp³-hybridized carbons (Fsp3) is 0.632. The number of piperidine rings is 1. The Balaban J connectivity index is 1.64. The number of benzene rings is 1. The van der Waals surface area contributed by atoms with Gasteiger partial charge in [0.25, 0.3) is 0 Å². The van der Waals surface area contributed by atoms with E-state index < -0.39 is 0 Å². The summed E-state index contributed by atoms with van der Waals surface area (Å²) in [5.74, 6) is 0.981. The van der Waals surface area contributed by atoms with Crippen LogP contribution in [0.2, 0.25) is 0 Å². The number of amides is 1. The third kappa shape index (κ3) is 3.52. The van der Waals surface area contributed by atoms with Crippen molar-refractivity contribution in [2.45, 2.75) is 45.6 Å². The van der Waals surface area contributed by atoms with Crippen molar-refractivity contribution < 1.29 is 4.79 Å². The van der Waals surface area contributed by atoms with Gasteiger partial charge in [0.05, 0.1) is 6.54 Å². The Morgan fingerprint density at radius 3 is 2.82 bits per heavy atom. The molecule has 0 N–H and O–H groups in total. The van der Waals surface area contributed by atoms with Crippen molar-refractivity contribution in [3.8, 4) is 0 Å². The minimum absolute atomic E-state index is 0.325. The van der Waals surface area contributed by atoms with E-state index in [-0.39, 0.29) is 0 Å². The van der Waals surface area contributed by atoms with E-state index in [1.165, 1.54) is 30.4 Å². The molecule has 0 saturated carbocycles. The van der Waals surface area contributed by atoms with E-state index in [2.05, 4.69) is 47.9 Å². The maximum Gasteiger partial charge on any atom is 0.236 e. The topological polar surface area (TPSA) is 23.6 Å². The third-order valence-electron chi connectivity index (χ3n) is 5.14. The first-order chi connectivity index (χ1) is 10.6. The first kappa shape index (κ1) is 15.5. The van der Waals surface area contributed by atoms with Crippen molar-refractivity contribution in [2.24, 2.45) is 5.92 Å². The Labute approximate surface area is 134 Å². The molecule has 0 aliphatic carbocycles. The molecule has 1 amide bonds. The molecule has 2 atom stereocenters. The summed E-state index contributed by atoms with van der Waals surface area (Å²) in [4.78, 5) is 17.1. The van der Waals surface area contributed by atoms with Crippen molar-refractivity contribution >= 4 is 5.91 Å². The summed E-state index contributed by atoms with van der Waals surface area (Å²) < 4.78 is 0. The largest absolute Gasteiger partial charge is 0.341 e. The first-order valence-corrected chi connectivity index (χ1v) is 8.72. The third-order valence-corrected chi connectivity index (χ3v) is 5.14. The molecule has 3 heteroatoms. The lowest BCUT2D eigenvalue weighted by Gasteiger charge is -2.33. The predicted octanol–water partition coefficient (Wildman–Crippen LogP) is 3.39. The molecule has 2 aliphatic rings. The summed E-state index contributed by atoms with van der Waals surface area (Å²) in [5.41, 5.74) is 2.68. The molecule has 2 saturated heterocycles. The number of aryl methyl sites for hydroxylation is 1. The summed E-state index contributed by atoms with van der Waals surface area (Å²) in [6.45, 7) is 7.93. The molecule has 0 unspecified atom stereocenters. The van der Waals surface area contributed by atoms with E-state index >= 15 is 0 Å². The molecule has 0 spiro atoms. The summed E-state index contributed by atoms with van der Waals surface area (Å²) in [6, 6.07) is 9.18. The van der Waals surface area contributed by atoms with Gasteiger partial charge in [0.2, 0.25) is 5.91 Å². The molecule has 1 aromatic rings. The zero-order valence-corrected chi connectivity index (χ0v) is 13.9. The van der Waals surface area contributed by atoms with Crippen LogP contribution in [0.4, 0.5) is 0 Å². The van der Waals surface area contributed by atoms with Gasteiger partial charge in [-0.1, -0.05) is 36.8 Å². The van der Waals surface area contributed by atoms with Gasteiger partial charge in [-0.3, -0.25) is 9.69 Å². The van der Waals surface area contributed by atoms with Gasteiger partial charge in [0.1, 0.15) is 0 Å². The zero-order chi connectivity index (χ0) is 15.5. The van der Waals surface area contributed by atoms with Crippen molar-refractivity contribution in [3.05, 3.63) is 35.4 Å². The molecular formula is C19H28N2O. The maximum absolute atomic E-state index is 12.6. The molecule has 120 valence electrons. The minimum Gasteiger partial charge on any atom is -0.341 e. The molecule has 3 nitrogen and oxygen atoms in total. The normalized spacial score (nSPS) is 26.4. The van der Waals surface area contributed by atoms with Crippen LogP contribution in [-0.2, 0) is 4.79 Å². The second kappa shape index (κ2) is 6.82. The average Bonchev–Trinajstić information content (AvgIpc) is 2.95. The number of carbonyl (C=O) groups is 1. The van der Waals surface area contributed by atoms with Gasteiger partial charge in [-0.2, -0.15) is 0 Å². The van der Waals surface area contributed by atoms with Gasteiger partial charge in [-0.05, 0) is 50.6 Å². The van der Waals surface area contributed by atoms with Crippen LogP contribution in [0, 0.1) is 12.8 Å². The maximum atomic E-state index is 12.6. The standard InChI is InChI=1S/C19H28N2O/c1-15-6-3-8-17(12-15)18-9-5-10-20(18)14-19(22)21-11-4-7-16(2)13-21/h3,6,8,12,16,18H,4-5,7,9-11,13-14H2,1-2H3/t16-,18+/m1/s1. The van der Waals surface area contributed by atoms with Crippen LogP contribution < -0.4 is 0 Å². The quantitative estimate of drug-likeness (QED) is 0.854. The van der Waals surface area contributed by atoms with Crippen LogP contribution in [0.5, 0.6) is 0 Å². The SMILES string of the molecule is Cc1cccc([C@@H]2CCCN2CC(=O)N2CCC[C@@H](C)C2)c1. The van der Waals surface area contributed by atoms with Crippen LogP contribution in [0.25, 0.3) is 0 Å². The Hall–Kier alpha value is -1.35. The lowest BCUT2D eigenvalue weighted by Crippen LogP contribution is -2.44. The number of likely N-dealkylation sites (tertiary alicyclic amines) is 2. The molecular weight excluding hydrogens is 272 g/mol. The summed E-state index contributed by atoms with van der Waals surface area (Å²) in [7, 11) is 0. The molecule has 2 fully saturated rings. The van der Waals surface area contributed by atoms with E-state index in [1.807, 2.05) is 0 Å². The highest BCUT2D eigenvalue weighted by Gasteiger charge is 2.30. The number of nitrogens with zero attached hydrogens (tertiary/aromatic N) is 2. The zero-order valence-electron chi connectivity index (χ0n) is 13.9. The second-order valence-electron chi connectivity index (χ2n) is 7.13. The van der Waals surface area contributed by atoms with Crippen LogP contribution in [0.15, 0.2) is 24.3 Å². The number of rotatable bonds is 3. The molecule has 3 rings (SSSR count).